The summed E-state index contributed by atoms with van der Waals surface area (Å²) in [5.41, 5.74) is 0.235. The van der Waals surface area contributed by atoms with Crippen molar-refractivity contribution in [2.45, 2.75) is 39.0 Å². The summed E-state index contributed by atoms with van der Waals surface area (Å²) in [4.78, 5) is 11.2. The molecule has 0 aliphatic heterocycles. The molecule has 2 rings (SSSR count). The molecule has 0 bridgehead atoms. The third-order valence-corrected chi connectivity index (χ3v) is 3.96. The summed E-state index contributed by atoms with van der Waals surface area (Å²) in [6.07, 6.45) is 6.60. The second kappa shape index (κ2) is 7.22. The van der Waals surface area contributed by atoms with E-state index in [1.165, 1.54) is 39.2 Å². The first kappa shape index (κ1) is 14.8. The Kier molecular flexibility index (Phi) is 5.32. The molecule has 1 heterocycles. The molecule has 5 heteroatoms. The van der Waals surface area contributed by atoms with Crippen molar-refractivity contribution in [3.05, 3.63) is 17.8 Å². The Morgan fingerprint density at radius 3 is 2.90 bits per heavy atom. The Hall–Kier alpha value is -1.65. The Bertz CT molecular complexity index is 433. The van der Waals surface area contributed by atoms with Crippen molar-refractivity contribution in [3.63, 3.8) is 0 Å². The van der Waals surface area contributed by atoms with Crippen molar-refractivity contribution in [1.82, 2.24) is 10.2 Å². The summed E-state index contributed by atoms with van der Waals surface area (Å²) >= 11 is 0. The number of nitrogens with zero attached hydrogens (tertiary/aromatic N) is 2. The summed E-state index contributed by atoms with van der Waals surface area (Å²) < 4.78 is 4.58. The Labute approximate surface area is 120 Å². The molecule has 0 aromatic carbocycles. The van der Waals surface area contributed by atoms with Crippen molar-refractivity contribution in [2.24, 2.45) is 11.8 Å². The number of rotatable bonds is 5. The predicted octanol–water partition coefficient (Wildman–Crippen LogP) is 2.89. The van der Waals surface area contributed by atoms with Gasteiger partial charge in [0.15, 0.2) is 5.69 Å². The van der Waals surface area contributed by atoms with Crippen LogP contribution in [-0.4, -0.2) is 29.8 Å². The van der Waals surface area contributed by atoms with Crippen molar-refractivity contribution in [2.75, 3.05) is 19.0 Å². The van der Waals surface area contributed by atoms with E-state index < -0.39 is 5.97 Å². The first-order valence-electron chi connectivity index (χ1n) is 7.35. The number of carbonyl (C=O) groups excluding carboxylic acids is 1. The van der Waals surface area contributed by atoms with Crippen molar-refractivity contribution >= 4 is 11.8 Å². The number of ether oxygens (including phenoxy) is 1. The molecule has 1 saturated carbocycles. The van der Waals surface area contributed by atoms with Crippen LogP contribution in [0.2, 0.25) is 0 Å². The molecular weight excluding hydrogens is 254 g/mol. The lowest BCUT2D eigenvalue weighted by Gasteiger charge is -2.26. The molecule has 2 unspecified atom stereocenters. The minimum atomic E-state index is -0.458. The van der Waals surface area contributed by atoms with E-state index in [2.05, 4.69) is 27.2 Å². The van der Waals surface area contributed by atoms with Crippen LogP contribution in [0.15, 0.2) is 12.1 Å². The molecule has 1 fully saturated rings. The van der Waals surface area contributed by atoms with Gasteiger partial charge in [-0.05, 0) is 36.8 Å². The minimum absolute atomic E-state index is 0.235. The predicted molar refractivity (Wildman–Crippen MR) is 77.6 cm³/mol. The van der Waals surface area contributed by atoms with E-state index in [9.17, 15) is 4.79 Å². The van der Waals surface area contributed by atoms with Crippen molar-refractivity contribution in [3.8, 4) is 0 Å². The monoisotopic (exact) mass is 277 g/mol. The summed E-state index contributed by atoms with van der Waals surface area (Å²) in [6.45, 7) is 3.25. The number of hydrogen-bond acceptors (Lipinski definition) is 5. The highest BCUT2D eigenvalue weighted by Crippen LogP contribution is 2.30. The molecule has 1 N–H and O–H groups in total. The van der Waals surface area contributed by atoms with E-state index >= 15 is 0 Å². The molecule has 1 aromatic heterocycles. The zero-order valence-corrected chi connectivity index (χ0v) is 12.3. The average molecular weight is 277 g/mol. The largest absolute Gasteiger partial charge is 0.464 e. The molecule has 0 amide bonds. The van der Waals surface area contributed by atoms with Crippen LogP contribution in [0.4, 0.5) is 5.82 Å². The Morgan fingerprint density at radius 1 is 1.40 bits per heavy atom. The normalized spacial score (nSPS) is 22.3. The summed E-state index contributed by atoms with van der Waals surface area (Å²) in [5.74, 6) is 1.95. The third-order valence-electron chi connectivity index (χ3n) is 3.96. The second-order valence-corrected chi connectivity index (χ2v) is 5.65. The highest BCUT2D eigenvalue weighted by atomic mass is 16.5. The molecule has 2 atom stereocenters. The van der Waals surface area contributed by atoms with Gasteiger partial charge in [0.2, 0.25) is 0 Å². The van der Waals surface area contributed by atoms with Crippen LogP contribution in [0.5, 0.6) is 0 Å². The van der Waals surface area contributed by atoms with Gasteiger partial charge < -0.3 is 10.1 Å². The van der Waals surface area contributed by atoms with Gasteiger partial charge in [0, 0.05) is 6.54 Å². The maximum absolute atomic E-state index is 11.2. The number of anilines is 1. The number of carbonyl (C=O) groups is 1. The zero-order chi connectivity index (χ0) is 14.4. The highest BCUT2D eigenvalue weighted by molar-refractivity contribution is 5.86. The number of hydrogen-bond donors (Lipinski definition) is 1. The average Bonchev–Trinajstić information content (AvgIpc) is 2.47. The fourth-order valence-corrected chi connectivity index (χ4v) is 2.87. The zero-order valence-electron chi connectivity index (χ0n) is 12.3. The smallest absolute Gasteiger partial charge is 0.358 e. The molecule has 1 aromatic rings. The van der Waals surface area contributed by atoms with Gasteiger partial charge in [-0.15, -0.1) is 10.2 Å². The number of esters is 1. The van der Waals surface area contributed by atoms with Crippen LogP contribution in [0.1, 0.15) is 49.5 Å². The quantitative estimate of drug-likeness (QED) is 0.838. The van der Waals surface area contributed by atoms with Gasteiger partial charge in [-0.1, -0.05) is 26.2 Å². The van der Waals surface area contributed by atoms with Gasteiger partial charge in [-0.3, -0.25) is 0 Å². The van der Waals surface area contributed by atoms with Gasteiger partial charge >= 0.3 is 5.97 Å². The lowest BCUT2D eigenvalue weighted by Crippen LogP contribution is -2.17. The molecule has 0 saturated heterocycles. The topological polar surface area (TPSA) is 64.1 Å². The first-order chi connectivity index (χ1) is 9.69. The first-order valence-corrected chi connectivity index (χ1v) is 7.35. The van der Waals surface area contributed by atoms with E-state index in [0.29, 0.717) is 5.82 Å². The SMILES string of the molecule is COC(=O)c1ccc(NCCC2CCCC(C)C2)nn1. The second-order valence-electron chi connectivity index (χ2n) is 5.65. The standard InChI is InChI=1S/C15H23N3O2/c1-11-4-3-5-12(10-11)8-9-16-14-7-6-13(17-18-14)15(19)20-2/h6-7,11-12H,3-5,8-10H2,1-2H3,(H,16,18). The highest BCUT2D eigenvalue weighted by Gasteiger charge is 2.18. The fourth-order valence-electron chi connectivity index (χ4n) is 2.87. The lowest BCUT2D eigenvalue weighted by atomic mass is 9.81. The number of aromatic nitrogens is 2. The van der Waals surface area contributed by atoms with E-state index in [-0.39, 0.29) is 5.69 Å². The van der Waals surface area contributed by atoms with Gasteiger partial charge in [0.1, 0.15) is 5.82 Å². The van der Waals surface area contributed by atoms with Crippen LogP contribution in [0.25, 0.3) is 0 Å². The van der Waals surface area contributed by atoms with Crippen LogP contribution >= 0.6 is 0 Å². The maximum Gasteiger partial charge on any atom is 0.358 e. The van der Waals surface area contributed by atoms with Crippen LogP contribution in [-0.2, 0) is 4.74 Å². The molecule has 20 heavy (non-hydrogen) atoms. The van der Waals surface area contributed by atoms with Crippen LogP contribution in [0, 0.1) is 11.8 Å². The summed E-state index contributed by atoms with van der Waals surface area (Å²) in [7, 11) is 1.33. The van der Waals surface area contributed by atoms with Gasteiger partial charge in [0.25, 0.3) is 0 Å². The Balaban J connectivity index is 1.75. The van der Waals surface area contributed by atoms with Gasteiger partial charge in [-0.25, -0.2) is 4.79 Å². The van der Waals surface area contributed by atoms with E-state index in [4.69, 9.17) is 0 Å². The van der Waals surface area contributed by atoms with Gasteiger partial charge in [0.05, 0.1) is 7.11 Å². The molecule has 1 aliphatic carbocycles. The summed E-state index contributed by atoms with van der Waals surface area (Å²) in [6, 6.07) is 3.40. The molecule has 0 radical (unpaired) electrons. The maximum atomic E-state index is 11.2. The fraction of sp³-hybridized carbons (Fsp3) is 0.667. The van der Waals surface area contributed by atoms with Gasteiger partial charge in [-0.2, -0.15) is 0 Å². The number of nitrogens with one attached hydrogen (secondary N) is 1. The molecule has 5 nitrogen and oxygen atoms in total. The molecule has 1 aliphatic rings. The third kappa shape index (κ3) is 4.18. The van der Waals surface area contributed by atoms with Crippen molar-refractivity contribution in [1.29, 1.82) is 0 Å². The van der Waals surface area contributed by atoms with Crippen LogP contribution < -0.4 is 5.32 Å². The Morgan fingerprint density at radius 2 is 2.25 bits per heavy atom. The molecule has 0 spiro atoms. The van der Waals surface area contributed by atoms with Crippen molar-refractivity contribution < 1.29 is 9.53 Å². The lowest BCUT2D eigenvalue weighted by molar-refractivity contribution is 0.0593. The molecule has 110 valence electrons. The van der Waals surface area contributed by atoms with E-state index in [1.807, 2.05) is 0 Å². The van der Waals surface area contributed by atoms with E-state index in [1.54, 1.807) is 12.1 Å². The summed E-state index contributed by atoms with van der Waals surface area (Å²) in [5, 5.41) is 11.1. The number of methoxy groups -OCH3 is 1. The minimum Gasteiger partial charge on any atom is -0.464 e. The van der Waals surface area contributed by atoms with E-state index in [0.717, 1.165) is 18.4 Å². The van der Waals surface area contributed by atoms with Crippen LogP contribution in [0.3, 0.4) is 0 Å². The molecular formula is C15H23N3O2.